The number of aromatic amines is 1. The number of aromatic nitrogens is 3. The second-order valence-electron chi connectivity index (χ2n) is 6.70. The Morgan fingerprint density at radius 1 is 1.36 bits per heavy atom. The third-order valence-corrected chi connectivity index (χ3v) is 4.69. The van der Waals surface area contributed by atoms with Gasteiger partial charge in [-0.2, -0.15) is 0 Å². The predicted molar refractivity (Wildman–Crippen MR) is 99.9 cm³/mol. The van der Waals surface area contributed by atoms with Crippen LogP contribution in [0.2, 0.25) is 0 Å². The second kappa shape index (κ2) is 7.67. The number of amides is 1. The van der Waals surface area contributed by atoms with Gasteiger partial charge in [0.2, 0.25) is 0 Å². The van der Waals surface area contributed by atoms with Crippen molar-refractivity contribution in [1.82, 2.24) is 20.0 Å². The van der Waals surface area contributed by atoms with E-state index >= 15 is 0 Å². The Labute approximate surface area is 161 Å². The van der Waals surface area contributed by atoms with E-state index in [4.69, 9.17) is 9.26 Å². The maximum Gasteiger partial charge on any atom is 0.263 e. The SMILES string of the molecule is Cc1cc(C2CCCN2C(=O)c2cnc(COc3ccccc3)[nH]c2=O)on1. The molecular formula is C20H20N4O4. The minimum atomic E-state index is -0.480. The van der Waals surface area contributed by atoms with Crippen molar-refractivity contribution in [3.8, 4) is 5.75 Å². The number of para-hydroxylation sites is 1. The van der Waals surface area contributed by atoms with E-state index < -0.39 is 5.56 Å². The zero-order valence-corrected chi connectivity index (χ0v) is 15.4. The van der Waals surface area contributed by atoms with Crippen LogP contribution in [0.4, 0.5) is 0 Å². The smallest absolute Gasteiger partial charge is 0.263 e. The quantitative estimate of drug-likeness (QED) is 0.730. The largest absolute Gasteiger partial charge is 0.486 e. The lowest BCUT2D eigenvalue weighted by Crippen LogP contribution is -2.35. The fourth-order valence-corrected chi connectivity index (χ4v) is 3.33. The molecule has 8 heteroatoms. The van der Waals surface area contributed by atoms with E-state index in [1.54, 1.807) is 4.90 Å². The van der Waals surface area contributed by atoms with E-state index in [0.29, 0.717) is 23.9 Å². The summed E-state index contributed by atoms with van der Waals surface area (Å²) in [5, 5.41) is 3.90. The molecule has 144 valence electrons. The number of hydrogen-bond donors (Lipinski definition) is 1. The molecule has 1 aliphatic rings. The molecule has 0 radical (unpaired) electrons. The summed E-state index contributed by atoms with van der Waals surface area (Å²) in [5.74, 6) is 1.31. The second-order valence-corrected chi connectivity index (χ2v) is 6.70. The van der Waals surface area contributed by atoms with Crippen LogP contribution in [0.25, 0.3) is 0 Å². The minimum absolute atomic E-state index is 0.00611. The van der Waals surface area contributed by atoms with Gasteiger partial charge in [0.15, 0.2) is 5.76 Å². The average molecular weight is 380 g/mol. The number of H-pyrrole nitrogens is 1. The van der Waals surface area contributed by atoms with Crippen molar-refractivity contribution in [1.29, 1.82) is 0 Å². The molecular weight excluding hydrogens is 360 g/mol. The molecule has 0 saturated carbocycles. The van der Waals surface area contributed by atoms with Gasteiger partial charge in [-0.15, -0.1) is 0 Å². The zero-order chi connectivity index (χ0) is 19.5. The van der Waals surface area contributed by atoms with Crippen LogP contribution < -0.4 is 10.3 Å². The van der Waals surface area contributed by atoms with Crippen LogP contribution in [0.1, 0.15) is 46.5 Å². The maximum absolute atomic E-state index is 12.9. The summed E-state index contributed by atoms with van der Waals surface area (Å²) in [5.41, 5.74) is 0.286. The number of carbonyl (C=O) groups is 1. The Morgan fingerprint density at radius 3 is 2.89 bits per heavy atom. The van der Waals surface area contributed by atoms with Crippen LogP contribution in [-0.2, 0) is 6.61 Å². The molecule has 1 fully saturated rings. The van der Waals surface area contributed by atoms with E-state index in [0.717, 1.165) is 18.5 Å². The van der Waals surface area contributed by atoms with Crippen molar-refractivity contribution in [2.45, 2.75) is 32.4 Å². The minimum Gasteiger partial charge on any atom is -0.486 e. The van der Waals surface area contributed by atoms with Gasteiger partial charge in [0.1, 0.15) is 23.7 Å². The van der Waals surface area contributed by atoms with Crippen LogP contribution in [0, 0.1) is 6.92 Å². The fourth-order valence-electron chi connectivity index (χ4n) is 3.33. The van der Waals surface area contributed by atoms with Crippen molar-refractivity contribution in [3.63, 3.8) is 0 Å². The number of benzene rings is 1. The Hall–Kier alpha value is -3.42. The van der Waals surface area contributed by atoms with Crippen LogP contribution in [-0.4, -0.2) is 32.5 Å². The number of nitrogens with zero attached hydrogens (tertiary/aromatic N) is 3. The molecule has 28 heavy (non-hydrogen) atoms. The predicted octanol–water partition coefficient (Wildman–Crippen LogP) is 2.62. The number of ether oxygens (including phenoxy) is 1. The summed E-state index contributed by atoms with van der Waals surface area (Å²) in [7, 11) is 0. The first-order chi connectivity index (χ1) is 13.6. The Kier molecular flexibility index (Phi) is 4.92. The summed E-state index contributed by atoms with van der Waals surface area (Å²) in [6.45, 7) is 2.50. The van der Waals surface area contributed by atoms with Crippen molar-refractivity contribution < 1.29 is 14.1 Å². The lowest BCUT2D eigenvalue weighted by molar-refractivity contribution is 0.0712. The summed E-state index contributed by atoms with van der Waals surface area (Å²) in [4.78, 5) is 33.8. The Balaban J connectivity index is 1.49. The van der Waals surface area contributed by atoms with Gasteiger partial charge in [-0.1, -0.05) is 23.4 Å². The highest BCUT2D eigenvalue weighted by molar-refractivity contribution is 5.94. The highest BCUT2D eigenvalue weighted by Crippen LogP contribution is 2.33. The highest BCUT2D eigenvalue weighted by Gasteiger charge is 2.34. The number of aryl methyl sites for hydroxylation is 1. The summed E-state index contributed by atoms with van der Waals surface area (Å²) >= 11 is 0. The van der Waals surface area contributed by atoms with Gasteiger partial charge in [0, 0.05) is 18.8 Å². The molecule has 8 nitrogen and oxygen atoms in total. The van der Waals surface area contributed by atoms with Gasteiger partial charge < -0.3 is 19.1 Å². The fraction of sp³-hybridized carbons (Fsp3) is 0.300. The molecule has 0 spiro atoms. The molecule has 1 amide bonds. The zero-order valence-electron chi connectivity index (χ0n) is 15.4. The normalized spacial score (nSPS) is 16.3. The lowest BCUT2D eigenvalue weighted by atomic mass is 10.1. The molecule has 0 bridgehead atoms. The molecule has 1 unspecified atom stereocenters. The van der Waals surface area contributed by atoms with Crippen LogP contribution in [0.5, 0.6) is 5.75 Å². The van der Waals surface area contributed by atoms with Gasteiger partial charge in [-0.05, 0) is 31.9 Å². The van der Waals surface area contributed by atoms with Crippen LogP contribution >= 0.6 is 0 Å². The van der Waals surface area contributed by atoms with Crippen molar-refractivity contribution in [2.24, 2.45) is 0 Å². The van der Waals surface area contributed by atoms with Gasteiger partial charge >= 0.3 is 0 Å². The standard InChI is InChI=1S/C20H20N4O4/c1-13-10-17(28-23-13)16-8-5-9-24(16)20(26)15-11-21-18(22-19(15)25)12-27-14-6-3-2-4-7-14/h2-4,6-7,10-11,16H,5,8-9,12H2,1H3,(H,21,22,25). The Morgan fingerprint density at radius 2 is 2.18 bits per heavy atom. The van der Waals surface area contributed by atoms with Crippen LogP contribution in [0.15, 0.2) is 51.9 Å². The molecule has 2 aromatic heterocycles. The van der Waals surface area contributed by atoms with Gasteiger partial charge in [0.25, 0.3) is 11.5 Å². The molecule has 0 aliphatic carbocycles. The van der Waals surface area contributed by atoms with Crippen molar-refractivity contribution in [3.05, 3.63) is 75.8 Å². The van der Waals surface area contributed by atoms with E-state index in [9.17, 15) is 9.59 Å². The van der Waals surface area contributed by atoms with Crippen molar-refractivity contribution >= 4 is 5.91 Å². The third-order valence-electron chi connectivity index (χ3n) is 4.69. The van der Waals surface area contributed by atoms with E-state index in [-0.39, 0.29) is 24.1 Å². The molecule has 1 aromatic carbocycles. The number of likely N-dealkylation sites (tertiary alicyclic amines) is 1. The van der Waals surface area contributed by atoms with Gasteiger partial charge in [-0.3, -0.25) is 9.59 Å². The van der Waals surface area contributed by atoms with Crippen LogP contribution in [0.3, 0.4) is 0 Å². The number of carbonyl (C=O) groups excluding carboxylic acids is 1. The number of nitrogens with one attached hydrogen (secondary N) is 1. The molecule has 3 heterocycles. The summed E-state index contributed by atoms with van der Waals surface area (Å²) < 4.78 is 10.9. The Bertz CT molecular complexity index is 1030. The van der Waals surface area contributed by atoms with E-state index in [2.05, 4.69) is 15.1 Å². The van der Waals surface area contributed by atoms with E-state index in [1.165, 1.54) is 6.20 Å². The van der Waals surface area contributed by atoms with Gasteiger partial charge in [-0.25, -0.2) is 4.98 Å². The molecule has 1 aliphatic heterocycles. The first-order valence-electron chi connectivity index (χ1n) is 9.12. The number of rotatable bonds is 5. The number of hydrogen-bond acceptors (Lipinski definition) is 6. The molecule has 4 rings (SSSR count). The lowest BCUT2D eigenvalue weighted by Gasteiger charge is -2.22. The first kappa shape index (κ1) is 18.0. The van der Waals surface area contributed by atoms with Gasteiger partial charge in [0.05, 0.1) is 11.7 Å². The molecule has 1 saturated heterocycles. The van der Waals surface area contributed by atoms with Crippen molar-refractivity contribution in [2.75, 3.05) is 6.54 Å². The topological polar surface area (TPSA) is 101 Å². The first-order valence-corrected chi connectivity index (χ1v) is 9.12. The highest BCUT2D eigenvalue weighted by atomic mass is 16.5. The molecule has 3 aromatic rings. The summed E-state index contributed by atoms with van der Waals surface area (Å²) in [6.07, 6.45) is 2.92. The molecule has 1 N–H and O–H groups in total. The van der Waals surface area contributed by atoms with E-state index in [1.807, 2.05) is 43.3 Å². The monoisotopic (exact) mass is 380 g/mol. The summed E-state index contributed by atoms with van der Waals surface area (Å²) in [6, 6.07) is 10.8. The maximum atomic E-state index is 12.9. The molecule has 1 atom stereocenters. The average Bonchev–Trinajstić information content (AvgIpc) is 3.35. The third kappa shape index (κ3) is 3.66.